The quantitative estimate of drug-likeness (QED) is 0.804. The van der Waals surface area contributed by atoms with E-state index >= 15 is 0 Å². The van der Waals surface area contributed by atoms with Gasteiger partial charge in [0.05, 0.1) is 6.10 Å². The van der Waals surface area contributed by atoms with Gasteiger partial charge in [-0.25, -0.2) is 0 Å². The van der Waals surface area contributed by atoms with E-state index < -0.39 is 0 Å². The lowest BCUT2D eigenvalue weighted by atomic mass is 10.2. The number of aliphatic hydroxyl groups excluding tert-OH is 1. The molecule has 1 atom stereocenters. The number of aromatic nitrogens is 1. The van der Waals surface area contributed by atoms with E-state index in [2.05, 4.69) is 9.88 Å². The number of anilines is 1. The van der Waals surface area contributed by atoms with Crippen LogP contribution in [0.5, 0.6) is 0 Å². The number of aliphatic hydroxyl groups is 1. The molecule has 0 bridgehead atoms. The summed E-state index contributed by atoms with van der Waals surface area (Å²) >= 11 is 0. The van der Waals surface area contributed by atoms with Crippen molar-refractivity contribution in [2.75, 3.05) is 32.1 Å². The molecule has 2 rings (SSSR count). The third-order valence-corrected chi connectivity index (χ3v) is 2.90. The van der Waals surface area contributed by atoms with E-state index in [1.807, 2.05) is 6.07 Å². The summed E-state index contributed by atoms with van der Waals surface area (Å²) in [5.74, 6) is -0.105. The first-order valence-corrected chi connectivity index (χ1v) is 5.68. The van der Waals surface area contributed by atoms with Crippen LogP contribution in [0.15, 0.2) is 18.3 Å². The molecular formula is C12H17N3O2. The SMILES string of the molecule is CN(C)C(=O)c1cc(N2CC[C@@H](O)C2)ccn1. The number of carbonyl (C=O) groups is 1. The van der Waals surface area contributed by atoms with E-state index in [-0.39, 0.29) is 12.0 Å². The van der Waals surface area contributed by atoms with E-state index in [1.54, 1.807) is 26.4 Å². The molecule has 1 aromatic rings. The minimum absolute atomic E-state index is 0.105. The molecule has 1 aromatic heterocycles. The van der Waals surface area contributed by atoms with Crippen LogP contribution in [0.4, 0.5) is 5.69 Å². The van der Waals surface area contributed by atoms with Gasteiger partial charge in [0.25, 0.3) is 5.91 Å². The molecule has 0 unspecified atom stereocenters. The van der Waals surface area contributed by atoms with Crippen LogP contribution in [0.25, 0.3) is 0 Å². The Morgan fingerprint density at radius 1 is 1.59 bits per heavy atom. The van der Waals surface area contributed by atoms with E-state index in [0.29, 0.717) is 12.2 Å². The number of pyridine rings is 1. The summed E-state index contributed by atoms with van der Waals surface area (Å²) in [6, 6.07) is 3.64. The molecule has 5 heteroatoms. The highest BCUT2D eigenvalue weighted by Gasteiger charge is 2.21. The molecule has 0 spiro atoms. The Morgan fingerprint density at radius 3 is 2.94 bits per heavy atom. The molecule has 5 nitrogen and oxygen atoms in total. The smallest absolute Gasteiger partial charge is 0.272 e. The number of hydrogen-bond donors (Lipinski definition) is 1. The minimum atomic E-state index is -0.267. The standard InChI is InChI=1S/C12H17N3O2/c1-14(2)12(17)11-7-9(3-5-13-11)15-6-4-10(16)8-15/h3,5,7,10,16H,4,6,8H2,1-2H3/t10-/m1/s1. The van der Waals surface area contributed by atoms with Crippen molar-refractivity contribution in [1.82, 2.24) is 9.88 Å². The monoisotopic (exact) mass is 235 g/mol. The van der Waals surface area contributed by atoms with Gasteiger partial charge in [0.2, 0.25) is 0 Å². The second-order valence-corrected chi connectivity index (χ2v) is 4.49. The summed E-state index contributed by atoms with van der Waals surface area (Å²) in [4.78, 5) is 19.4. The summed E-state index contributed by atoms with van der Waals surface area (Å²) in [5.41, 5.74) is 1.38. The molecule has 0 aromatic carbocycles. The molecule has 1 amide bonds. The first kappa shape index (κ1) is 11.9. The van der Waals surface area contributed by atoms with Crippen molar-refractivity contribution in [2.24, 2.45) is 0 Å². The van der Waals surface area contributed by atoms with Gasteiger partial charge in [-0.3, -0.25) is 9.78 Å². The molecule has 0 saturated carbocycles. The van der Waals surface area contributed by atoms with Gasteiger partial charge in [0.1, 0.15) is 5.69 Å². The van der Waals surface area contributed by atoms with E-state index in [1.165, 1.54) is 4.90 Å². The van der Waals surface area contributed by atoms with E-state index in [0.717, 1.165) is 18.7 Å². The zero-order valence-electron chi connectivity index (χ0n) is 10.1. The van der Waals surface area contributed by atoms with Crippen LogP contribution in [0.3, 0.4) is 0 Å². The zero-order valence-corrected chi connectivity index (χ0v) is 10.1. The first-order valence-electron chi connectivity index (χ1n) is 5.68. The van der Waals surface area contributed by atoms with Crippen molar-refractivity contribution < 1.29 is 9.90 Å². The van der Waals surface area contributed by atoms with Crippen molar-refractivity contribution in [1.29, 1.82) is 0 Å². The molecule has 1 aliphatic rings. The highest BCUT2D eigenvalue weighted by atomic mass is 16.3. The Morgan fingerprint density at radius 2 is 2.35 bits per heavy atom. The van der Waals surface area contributed by atoms with Gasteiger partial charge in [-0.15, -0.1) is 0 Å². The lowest BCUT2D eigenvalue weighted by molar-refractivity contribution is 0.0822. The Hall–Kier alpha value is -1.62. The van der Waals surface area contributed by atoms with Crippen LogP contribution in [0, 0.1) is 0 Å². The Labute approximate surface area is 101 Å². The summed E-state index contributed by atoms with van der Waals surface area (Å²) in [6.45, 7) is 1.44. The summed E-state index contributed by atoms with van der Waals surface area (Å²) in [5, 5.41) is 9.50. The number of β-amino-alcohol motifs (C(OH)–C–C–N with tert-alkyl or cyclic N) is 1. The zero-order chi connectivity index (χ0) is 12.4. The van der Waals surface area contributed by atoms with Crippen molar-refractivity contribution in [3.63, 3.8) is 0 Å². The average Bonchev–Trinajstić information content (AvgIpc) is 2.75. The predicted molar refractivity (Wildman–Crippen MR) is 65.1 cm³/mol. The maximum absolute atomic E-state index is 11.8. The number of amides is 1. The van der Waals surface area contributed by atoms with Gasteiger partial charge in [0.15, 0.2) is 0 Å². The highest BCUT2D eigenvalue weighted by molar-refractivity contribution is 5.92. The topological polar surface area (TPSA) is 56.7 Å². The fraction of sp³-hybridized carbons (Fsp3) is 0.500. The Kier molecular flexibility index (Phi) is 3.28. The minimum Gasteiger partial charge on any atom is -0.391 e. The second-order valence-electron chi connectivity index (χ2n) is 4.49. The van der Waals surface area contributed by atoms with Crippen LogP contribution in [-0.2, 0) is 0 Å². The molecule has 92 valence electrons. The van der Waals surface area contributed by atoms with Crippen molar-refractivity contribution in [3.8, 4) is 0 Å². The lowest BCUT2D eigenvalue weighted by Crippen LogP contribution is -2.24. The summed E-state index contributed by atoms with van der Waals surface area (Å²) in [7, 11) is 3.41. The highest BCUT2D eigenvalue weighted by Crippen LogP contribution is 2.20. The van der Waals surface area contributed by atoms with E-state index in [9.17, 15) is 9.90 Å². The van der Waals surface area contributed by atoms with Crippen molar-refractivity contribution >= 4 is 11.6 Å². The number of carbonyl (C=O) groups excluding carboxylic acids is 1. The molecular weight excluding hydrogens is 218 g/mol. The number of nitrogens with zero attached hydrogens (tertiary/aromatic N) is 3. The van der Waals surface area contributed by atoms with E-state index in [4.69, 9.17) is 0 Å². The lowest BCUT2D eigenvalue weighted by Gasteiger charge is -2.18. The second kappa shape index (κ2) is 4.71. The predicted octanol–water partition coefficient (Wildman–Crippen LogP) is 0.354. The average molecular weight is 235 g/mol. The fourth-order valence-corrected chi connectivity index (χ4v) is 1.94. The third kappa shape index (κ3) is 2.55. The van der Waals surface area contributed by atoms with Gasteiger partial charge in [-0.1, -0.05) is 0 Å². The molecule has 1 saturated heterocycles. The fourth-order valence-electron chi connectivity index (χ4n) is 1.94. The number of hydrogen-bond acceptors (Lipinski definition) is 4. The molecule has 0 radical (unpaired) electrons. The third-order valence-electron chi connectivity index (χ3n) is 2.90. The van der Waals surface area contributed by atoms with Crippen LogP contribution in [0.1, 0.15) is 16.9 Å². The molecule has 2 heterocycles. The van der Waals surface area contributed by atoms with Crippen molar-refractivity contribution in [3.05, 3.63) is 24.0 Å². The number of rotatable bonds is 2. The van der Waals surface area contributed by atoms with Crippen LogP contribution in [-0.4, -0.2) is 54.2 Å². The largest absolute Gasteiger partial charge is 0.391 e. The first-order chi connectivity index (χ1) is 8.08. The van der Waals surface area contributed by atoms with Gasteiger partial charge in [-0.2, -0.15) is 0 Å². The van der Waals surface area contributed by atoms with Gasteiger partial charge < -0.3 is 14.9 Å². The molecule has 1 aliphatic heterocycles. The molecule has 1 fully saturated rings. The van der Waals surface area contributed by atoms with Gasteiger partial charge >= 0.3 is 0 Å². The summed E-state index contributed by atoms with van der Waals surface area (Å²) in [6.07, 6.45) is 2.15. The normalized spacial score (nSPS) is 19.5. The molecule has 0 aliphatic carbocycles. The molecule has 1 N–H and O–H groups in total. The van der Waals surface area contributed by atoms with Crippen molar-refractivity contribution in [2.45, 2.75) is 12.5 Å². The van der Waals surface area contributed by atoms with Crippen LogP contribution < -0.4 is 4.90 Å². The summed E-state index contributed by atoms with van der Waals surface area (Å²) < 4.78 is 0. The maximum atomic E-state index is 11.8. The Balaban J connectivity index is 2.20. The van der Waals surface area contributed by atoms with Crippen LogP contribution >= 0.6 is 0 Å². The van der Waals surface area contributed by atoms with Gasteiger partial charge in [0, 0.05) is 39.1 Å². The van der Waals surface area contributed by atoms with Gasteiger partial charge in [-0.05, 0) is 18.6 Å². The molecule has 17 heavy (non-hydrogen) atoms. The maximum Gasteiger partial charge on any atom is 0.272 e. The Bertz CT molecular complexity index is 420. The van der Waals surface area contributed by atoms with Crippen LogP contribution in [0.2, 0.25) is 0 Å².